The van der Waals surface area contributed by atoms with Gasteiger partial charge < -0.3 is 10.2 Å². The second kappa shape index (κ2) is 7.31. The number of anilines is 1. The molecule has 0 saturated carbocycles. The van der Waals surface area contributed by atoms with E-state index in [1.165, 1.54) is 30.0 Å². The molecule has 114 valence electrons. The first-order valence-electron chi connectivity index (χ1n) is 6.74. The molecular weight excluding hydrogens is 285 g/mol. The molecule has 5 nitrogen and oxygen atoms in total. The van der Waals surface area contributed by atoms with Crippen molar-refractivity contribution in [2.24, 2.45) is 0 Å². The van der Waals surface area contributed by atoms with Crippen LogP contribution in [-0.4, -0.2) is 28.2 Å². The van der Waals surface area contributed by atoms with Gasteiger partial charge in [-0.1, -0.05) is 6.07 Å². The molecule has 0 unspecified atom stereocenters. The fourth-order valence-corrected chi connectivity index (χ4v) is 1.93. The van der Waals surface area contributed by atoms with Crippen LogP contribution < -0.4 is 5.32 Å². The van der Waals surface area contributed by atoms with Gasteiger partial charge in [0.05, 0.1) is 0 Å². The van der Waals surface area contributed by atoms with Crippen molar-refractivity contribution in [1.29, 1.82) is 0 Å². The van der Waals surface area contributed by atoms with Gasteiger partial charge in [0.25, 0.3) is 0 Å². The lowest BCUT2D eigenvalue weighted by Gasteiger charge is -2.20. The molecule has 1 N–H and O–H groups in total. The van der Waals surface area contributed by atoms with Crippen molar-refractivity contribution in [2.45, 2.75) is 13.5 Å². The van der Waals surface area contributed by atoms with Gasteiger partial charge in [-0.2, -0.15) is 0 Å². The van der Waals surface area contributed by atoms with Gasteiger partial charge in [0.2, 0.25) is 11.8 Å². The largest absolute Gasteiger partial charge is 0.329 e. The number of nitrogens with zero attached hydrogens (tertiary/aromatic N) is 2. The average Bonchev–Trinajstić information content (AvgIpc) is 2.47. The van der Waals surface area contributed by atoms with Crippen molar-refractivity contribution < 1.29 is 14.0 Å². The third kappa shape index (κ3) is 4.66. The van der Waals surface area contributed by atoms with Gasteiger partial charge in [0.1, 0.15) is 12.4 Å². The summed E-state index contributed by atoms with van der Waals surface area (Å²) in [6.45, 7) is 1.61. The number of benzene rings is 1. The SMILES string of the molecule is CC(=O)N(CC(=O)Nc1cccc(F)c1)Cc1ccncc1. The second-order valence-electron chi connectivity index (χ2n) is 4.79. The van der Waals surface area contributed by atoms with Crippen LogP contribution in [0.1, 0.15) is 12.5 Å². The average molecular weight is 301 g/mol. The Morgan fingerprint density at radius 2 is 1.95 bits per heavy atom. The van der Waals surface area contributed by atoms with Crippen LogP contribution in [-0.2, 0) is 16.1 Å². The van der Waals surface area contributed by atoms with Gasteiger partial charge in [-0.05, 0) is 35.9 Å². The topological polar surface area (TPSA) is 62.3 Å². The van der Waals surface area contributed by atoms with Gasteiger partial charge in [-0.25, -0.2) is 4.39 Å². The highest BCUT2D eigenvalue weighted by atomic mass is 19.1. The number of halogens is 1. The maximum absolute atomic E-state index is 13.1. The molecule has 0 fully saturated rings. The smallest absolute Gasteiger partial charge is 0.244 e. The van der Waals surface area contributed by atoms with Crippen molar-refractivity contribution in [3.05, 3.63) is 60.2 Å². The zero-order valence-corrected chi connectivity index (χ0v) is 12.1. The van der Waals surface area contributed by atoms with Crippen LogP contribution in [0.15, 0.2) is 48.8 Å². The minimum atomic E-state index is -0.432. The molecule has 2 aromatic rings. The van der Waals surface area contributed by atoms with Crippen LogP contribution in [0.2, 0.25) is 0 Å². The van der Waals surface area contributed by atoms with Crippen LogP contribution >= 0.6 is 0 Å². The molecular formula is C16H16FN3O2. The van der Waals surface area contributed by atoms with Gasteiger partial charge in [0, 0.05) is 31.5 Å². The van der Waals surface area contributed by atoms with E-state index in [-0.39, 0.29) is 18.4 Å². The Morgan fingerprint density at radius 1 is 1.23 bits per heavy atom. The summed E-state index contributed by atoms with van der Waals surface area (Å²) in [5.74, 6) is -1.03. The molecule has 0 bridgehead atoms. The van der Waals surface area contributed by atoms with Gasteiger partial charge in [-0.15, -0.1) is 0 Å². The predicted molar refractivity (Wildman–Crippen MR) is 80.4 cm³/mol. The molecule has 22 heavy (non-hydrogen) atoms. The van der Waals surface area contributed by atoms with Crippen molar-refractivity contribution in [3.63, 3.8) is 0 Å². The van der Waals surface area contributed by atoms with Crippen molar-refractivity contribution >= 4 is 17.5 Å². The predicted octanol–water partition coefficient (Wildman–Crippen LogP) is 2.21. The van der Waals surface area contributed by atoms with E-state index >= 15 is 0 Å². The molecule has 1 aromatic heterocycles. The van der Waals surface area contributed by atoms with E-state index in [1.54, 1.807) is 30.6 Å². The Balaban J connectivity index is 1.98. The second-order valence-corrected chi connectivity index (χ2v) is 4.79. The Labute approximate surface area is 127 Å². The maximum Gasteiger partial charge on any atom is 0.244 e. The highest BCUT2D eigenvalue weighted by molar-refractivity contribution is 5.94. The van der Waals surface area contributed by atoms with E-state index in [9.17, 15) is 14.0 Å². The Morgan fingerprint density at radius 3 is 2.59 bits per heavy atom. The third-order valence-corrected chi connectivity index (χ3v) is 3.01. The van der Waals surface area contributed by atoms with Crippen LogP contribution in [0.3, 0.4) is 0 Å². The minimum absolute atomic E-state index is 0.103. The molecule has 0 saturated heterocycles. The summed E-state index contributed by atoms with van der Waals surface area (Å²) in [5.41, 5.74) is 1.24. The van der Waals surface area contributed by atoms with Crippen LogP contribution in [0.4, 0.5) is 10.1 Å². The molecule has 0 aliphatic rings. The minimum Gasteiger partial charge on any atom is -0.329 e. The summed E-state index contributed by atoms with van der Waals surface area (Å²) in [4.78, 5) is 29.0. The number of pyridine rings is 1. The summed E-state index contributed by atoms with van der Waals surface area (Å²) >= 11 is 0. The normalized spacial score (nSPS) is 10.1. The zero-order valence-electron chi connectivity index (χ0n) is 12.1. The van der Waals surface area contributed by atoms with Crippen LogP contribution in [0.25, 0.3) is 0 Å². The molecule has 0 aliphatic heterocycles. The lowest BCUT2D eigenvalue weighted by Crippen LogP contribution is -2.36. The summed E-state index contributed by atoms with van der Waals surface area (Å²) in [6, 6.07) is 9.16. The molecule has 2 rings (SSSR count). The summed E-state index contributed by atoms with van der Waals surface area (Å²) in [7, 11) is 0. The standard InChI is InChI=1S/C16H16FN3O2/c1-12(21)20(10-13-5-7-18-8-6-13)11-16(22)19-15-4-2-3-14(17)9-15/h2-9H,10-11H2,1H3,(H,19,22). The van der Waals surface area contributed by atoms with Gasteiger partial charge in [0.15, 0.2) is 0 Å². The highest BCUT2D eigenvalue weighted by Crippen LogP contribution is 2.10. The summed E-state index contributed by atoms with van der Waals surface area (Å²) in [5, 5.41) is 2.57. The first-order valence-corrected chi connectivity index (χ1v) is 6.74. The van der Waals surface area contributed by atoms with Crippen molar-refractivity contribution in [1.82, 2.24) is 9.88 Å². The number of carbonyl (C=O) groups excluding carboxylic acids is 2. The van der Waals surface area contributed by atoms with E-state index in [1.807, 2.05) is 0 Å². The van der Waals surface area contributed by atoms with E-state index in [0.717, 1.165) is 5.56 Å². The quantitative estimate of drug-likeness (QED) is 0.921. The molecule has 0 aliphatic carbocycles. The molecule has 1 heterocycles. The van der Waals surface area contributed by atoms with Gasteiger partial charge >= 0.3 is 0 Å². The molecule has 1 aromatic carbocycles. The number of amides is 2. The lowest BCUT2D eigenvalue weighted by molar-refractivity contribution is -0.133. The highest BCUT2D eigenvalue weighted by Gasteiger charge is 2.14. The number of nitrogens with one attached hydrogen (secondary N) is 1. The van der Waals surface area contributed by atoms with Crippen LogP contribution in [0, 0.1) is 5.82 Å². The van der Waals surface area contributed by atoms with Crippen LogP contribution in [0.5, 0.6) is 0 Å². The Hall–Kier alpha value is -2.76. The number of hydrogen-bond donors (Lipinski definition) is 1. The number of carbonyl (C=O) groups is 2. The Kier molecular flexibility index (Phi) is 5.19. The molecule has 2 amide bonds. The molecule has 6 heteroatoms. The summed E-state index contributed by atoms with van der Waals surface area (Å²) in [6.07, 6.45) is 3.25. The maximum atomic E-state index is 13.1. The lowest BCUT2D eigenvalue weighted by atomic mass is 10.2. The fraction of sp³-hybridized carbons (Fsp3) is 0.188. The summed E-state index contributed by atoms with van der Waals surface area (Å²) < 4.78 is 13.1. The third-order valence-electron chi connectivity index (χ3n) is 3.01. The van der Waals surface area contributed by atoms with E-state index in [4.69, 9.17) is 0 Å². The number of rotatable bonds is 5. The monoisotopic (exact) mass is 301 g/mol. The van der Waals surface area contributed by atoms with E-state index < -0.39 is 5.82 Å². The number of hydrogen-bond acceptors (Lipinski definition) is 3. The number of aromatic nitrogens is 1. The van der Waals surface area contributed by atoms with E-state index in [2.05, 4.69) is 10.3 Å². The van der Waals surface area contributed by atoms with Crippen molar-refractivity contribution in [3.8, 4) is 0 Å². The molecule has 0 spiro atoms. The first kappa shape index (κ1) is 15.6. The molecule has 0 atom stereocenters. The zero-order chi connectivity index (χ0) is 15.9. The molecule has 0 radical (unpaired) electrons. The van der Waals surface area contributed by atoms with Crippen molar-refractivity contribution in [2.75, 3.05) is 11.9 Å². The van der Waals surface area contributed by atoms with E-state index in [0.29, 0.717) is 12.2 Å². The van der Waals surface area contributed by atoms with Gasteiger partial charge in [-0.3, -0.25) is 14.6 Å². The Bertz CT molecular complexity index is 661. The fourth-order valence-electron chi connectivity index (χ4n) is 1.93. The first-order chi connectivity index (χ1) is 10.5.